The molecule has 1 fully saturated rings. The van der Waals surface area contributed by atoms with E-state index in [0.717, 1.165) is 35.5 Å². The lowest BCUT2D eigenvalue weighted by atomic mass is 10.1. The summed E-state index contributed by atoms with van der Waals surface area (Å²) in [6, 6.07) is 2.34. The third kappa shape index (κ3) is 7.27. The second-order valence-electron chi connectivity index (χ2n) is 10.9. The maximum atomic E-state index is 12.6. The van der Waals surface area contributed by atoms with E-state index in [-0.39, 0.29) is 24.3 Å². The van der Waals surface area contributed by atoms with Crippen molar-refractivity contribution in [2.24, 2.45) is 0 Å². The van der Waals surface area contributed by atoms with Crippen LogP contribution in [0.2, 0.25) is 0 Å². The van der Waals surface area contributed by atoms with Gasteiger partial charge in [0.25, 0.3) is 0 Å². The number of amides is 2. The molecule has 0 saturated carbocycles. The molecule has 0 radical (unpaired) electrons. The minimum Gasteiger partial charge on any atom is -0.462 e. The van der Waals surface area contributed by atoms with Crippen molar-refractivity contribution >= 4 is 29.3 Å². The second kappa shape index (κ2) is 12.3. The van der Waals surface area contributed by atoms with Gasteiger partial charge in [0.15, 0.2) is 11.5 Å². The van der Waals surface area contributed by atoms with Gasteiger partial charge in [-0.3, -0.25) is 4.79 Å². The minimum atomic E-state index is -0.610. The highest BCUT2D eigenvalue weighted by Crippen LogP contribution is 2.22. The highest BCUT2D eigenvalue weighted by atomic mass is 16.6. The average Bonchev–Trinajstić information content (AvgIpc) is 3.30. The van der Waals surface area contributed by atoms with Crippen LogP contribution >= 0.6 is 0 Å². The van der Waals surface area contributed by atoms with Gasteiger partial charge in [-0.05, 0) is 45.2 Å². The van der Waals surface area contributed by atoms with Gasteiger partial charge in [0.05, 0.1) is 18.5 Å². The largest absolute Gasteiger partial charge is 0.462 e. The monoisotopic (exact) mass is 553 g/mol. The predicted molar refractivity (Wildman–Crippen MR) is 150 cm³/mol. The number of aromatic nitrogens is 5. The Kier molecular flexibility index (Phi) is 8.90. The van der Waals surface area contributed by atoms with Crippen LogP contribution in [-0.2, 0) is 16.0 Å². The first-order valence-corrected chi connectivity index (χ1v) is 13.6. The van der Waals surface area contributed by atoms with Crippen molar-refractivity contribution in [3.8, 4) is 6.01 Å². The second-order valence-corrected chi connectivity index (χ2v) is 10.9. The van der Waals surface area contributed by atoms with Gasteiger partial charge in [-0.2, -0.15) is 4.98 Å². The van der Waals surface area contributed by atoms with Crippen LogP contribution in [-0.4, -0.2) is 86.4 Å². The Morgan fingerprint density at radius 3 is 2.55 bits per heavy atom. The lowest BCUT2D eigenvalue weighted by Gasteiger charge is -2.36. The summed E-state index contributed by atoms with van der Waals surface area (Å²) in [6.07, 6.45) is 5.48. The SMILES string of the molecule is CCCCOc1nc(N)c2ncc(Cc3cnc(N4CCN(C(=O)CNC(=O)OC(C)(C)C)CC4)c(C)c3)n2n1. The van der Waals surface area contributed by atoms with Crippen LogP contribution in [0.3, 0.4) is 0 Å². The standard InChI is InChI=1S/C27H39N9O4/c1-6-7-12-39-25-32-22(28)24-30-16-20(36(24)33-25)14-19-13-18(2)23(29-15-19)35-10-8-34(9-11-35)21(37)17-31-26(38)40-27(3,4)5/h13,15-16H,6-12,14,17H2,1-5H3,(H,31,38)(H2,28,32,33). The van der Waals surface area contributed by atoms with Gasteiger partial charge < -0.3 is 30.3 Å². The quantitative estimate of drug-likeness (QED) is 0.378. The van der Waals surface area contributed by atoms with Gasteiger partial charge in [0.1, 0.15) is 18.0 Å². The molecule has 1 saturated heterocycles. The van der Waals surface area contributed by atoms with Gasteiger partial charge in [0.2, 0.25) is 5.91 Å². The Labute approximate surface area is 234 Å². The molecule has 3 N–H and O–H groups in total. The summed E-state index contributed by atoms with van der Waals surface area (Å²) in [5.74, 6) is 1.02. The van der Waals surface area contributed by atoms with Crippen LogP contribution in [0.5, 0.6) is 6.01 Å². The number of carbonyl (C=O) groups is 2. The summed E-state index contributed by atoms with van der Waals surface area (Å²) in [6.45, 7) is 12.3. The number of nitrogens with zero attached hydrogens (tertiary/aromatic N) is 7. The lowest BCUT2D eigenvalue weighted by molar-refractivity contribution is -0.130. The molecule has 0 aromatic carbocycles. The number of fused-ring (bicyclic) bond motifs is 1. The fourth-order valence-electron chi connectivity index (χ4n) is 4.42. The summed E-state index contributed by atoms with van der Waals surface area (Å²) in [5.41, 5.74) is 8.88. The number of alkyl carbamates (subject to hydrolysis) is 1. The van der Waals surface area contributed by atoms with Gasteiger partial charge >= 0.3 is 12.1 Å². The zero-order valence-corrected chi connectivity index (χ0v) is 23.9. The summed E-state index contributed by atoms with van der Waals surface area (Å²) < 4.78 is 12.5. The molecule has 1 aliphatic rings. The number of anilines is 2. The smallest absolute Gasteiger partial charge is 0.408 e. The Morgan fingerprint density at radius 1 is 1.12 bits per heavy atom. The molecule has 4 heterocycles. The number of imidazole rings is 1. The summed E-state index contributed by atoms with van der Waals surface area (Å²) in [5, 5.41) is 7.02. The van der Waals surface area contributed by atoms with Crippen LogP contribution < -0.4 is 20.7 Å². The first kappa shape index (κ1) is 28.8. The van der Waals surface area contributed by atoms with Gasteiger partial charge in [-0.25, -0.2) is 19.3 Å². The van der Waals surface area contributed by atoms with Gasteiger partial charge in [-0.1, -0.05) is 19.4 Å². The van der Waals surface area contributed by atoms with E-state index in [9.17, 15) is 9.59 Å². The lowest BCUT2D eigenvalue weighted by Crippen LogP contribution is -2.51. The number of piperazine rings is 1. The van der Waals surface area contributed by atoms with Crippen LogP contribution in [0.1, 0.15) is 57.4 Å². The number of hydrogen-bond donors (Lipinski definition) is 2. The number of nitrogens with one attached hydrogen (secondary N) is 1. The highest BCUT2D eigenvalue weighted by Gasteiger charge is 2.24. The predicted octanol–water partition coefficient (Wildman–Crippen LogP) is 2.35. The van der Waals surface area contributed by atoms with E-state index in [4.69, 9.17) is 20.2 Å². The van der Waals surface area contributed by atoms with Crippen molar-refractivity contribution in [3.63, 3.8) is 0 Å². The Balaban J connectivity index is 1.35. The van der Waals surface area contributed by atoms with E-state index in [2.05, 4.69) is 38.3 Å². The normalized spacial score (nSPS) is 13.9. The molecule has 13 heteroatoms. The minimum absolute atomic E-state index is 0.0902. The van der Waals surface area contributed by atoms with Crippen molar-refractivity contribution in [1.82, 2.24) is 34.8 Å². The molecule has 0 spiro atoms. The average molecular weight is 554 g/mol. The maximum absolute atomic E-state index is 12.6. The maximum Gasteiger partial charge on any atom is 0.408 e. The van der Waals surface area contributed by atoms with Crippen molar-refractivity contribution in [1.29, 1.82) is 0 Å². The Bertz CT molecular complexity index is 1340. The summed E-state index contributed by atoms with van der Waals surface area (Å²) in [7, 11) is 0. The first-order valence-electron chi connectivity index (χ1n) is 13.6. The third-order valence-corrected chi connectivity index (χ3v) is 6.38. The van der Waals surface area contributed by atoms with E-state index in [1.54, 1.807) is 36.4 Å². The molecule has 13 nitrogen and oxygen atoms in total. The number of aryl methyl sites for hydroxylation is 1. The van der Waals surface area contributed by atoms with Crippen molar-refractivity contribution < 1.29 is 19.1 Å². The van der Waals surface area contributed by atoms with Crippen LogP contribution in [0, 0.1) is 6.92 Å². The summed E-state index contributed by atoms with van der Waals surface area (Å²) >= 11 is 0. The molecule has 1 aliphatic heterocycles. The van der Waals surface area contributed by atoms with Gasteiger partial charge in [-0.15, -0.1) is 5.10 Å². The highest BCUT2D eigenvalue weighted by molar-refractivity contribution is 5.82. The fourth-order valence-corrected chi connectivity index (χ4v) is 4.42. The van der Waals surface area contributed by atoms with Crippen molar-refractivity contribution in [2.75, 3.05) is 50.0 Å². The van der Waals surface area contributed by atoms with E-state index < -0.39 is 11.7 Å². The number of nitrogen functional groups attached to an aromatic ring is 1. The molecule has 216 valence electrons. The number of nitrogens with two attached hydrogens (primary N) is 1. The van der Waals surface area contributed by atoms with Crippen LogP contribution in [0.25, 0.3) is 5.65 Å². The molecule has 3 aromatic rings. The molecule has 0 atom stereocenters. The van der Waals surface area contributed by atoms with Crippen molar-refractivity contribution in [2.45, 2.75) is 59.5 Å². The molecule has 2 amide bonds. The number of rotatable bonds is 9. The Morgan fingerprint density at radius 2 is 1.88 bits per heavy atom. The Hall–Kier alpha value is -4.16. The molecule has 0 unspecified atom stereocenters. The van der Waals surface area contributed by atoms with E-state index in [1.165, 1.54) is 0 Å². The third-order valence-electron chi connectivity index (χ3n) is 6.38. The van der Waals surface area contributed by atoms with Crippen molar-refractivity contribution in [3.05, 3.63) is 35.3 Å². The zero-order valence-electron chi connectivity index (χ0n) is 23.9. The van der Waals surface area contributed by atoms with E-state index >= 15 is 0 Å². The van der Waals surface area contributed by atoms with Gasteiger partial charge in [0, 0.05) is 38.8 Å². The molecule has 4 rings (SSSR count). The number of hydrogen-bond acceptors (Lipinski definition) is 10. The van der Waals surface area contributed by atoms with Crippen LogP contribution in [0.4, 0.5) is 16.4 Å². The number of unbranched alkanes of at least 4 members (excludes halogenated alkanes) is 1. The topological polar surface area (TPSA) is 153 Å². The summed E-state index contributed by atoms with van der Waals surface area (Å²) in [4.78, 5) is 41.7. The van der Waals surface area contributed by atoms with Crippen LogP contribution in [0.15, 0.2) is 18.5 Å². The number of ether oxygens (including phenoxy) is 2. The zero-order chi connectivity index (χ0) is 28.9. The first-order chi connectivity index (χ1) is 19.0. The molecular formula is C27H39N9O4. The van der Waals surface area contributed by atoms with E-state index in [0.29, 0.717) is 44.9 Å². The molecule has 3 aromatic heterocycles. The molecule has 40 heavy (non-hydrogen) atoms. The number of carbonyl (C=O) groups excluding carboxylic acids is 2. The number of pyridine rings is 1. The fraction of sp³-hybridized carbons (Fsp3) is 0.556. The van der Waals surface area contributed by atoms with E-state index in [1.807, 2.05) is 13.1 Å². The molecule has 0 bridgehead atoms. The molecular weight excluding hydrogens is 514 g/mol. The molecule has 0 aliphatic carbocycles.